The molecule has 2 aliphatic rings. The molecular weight excluding hydrogens is 394 g/mol. The molecule has 1 atom stereocenters. The van der Waals surface area contributed by atoms with Crippen molar-refractivity contribution in [2.24, 2.45) is 5.92 Å². The zero-order chi connectivity index (χ0) is 21.0. The van der Waals surface area contributed by atoms with Crippen LogP contribution in [0.2, 0.25) is 0 Å². The summed E-state index contributed by atoms with van der Waals surface area (Å²) in [5.41, 5.74) is 0.332. The van der Waals surface area contributed by atoms with E-state index in [4.69, 9.17) is 14.0 Å². The second kappa shape index (κ2) is 9.06. The minimum absolute atomic E-state index is 0.0892. The zero-order valence-corrected chi connectivity index (χ0v) is 17.5. The first-order chi connectivity index (χ1) is 15.3. The largest absolute Gasteiger partial charge is 0.485 e. The molecule has 0 N–H and O–H groups in total. The van der Waals surface area contributed by atoms with Gasteiger partial charge in [0.1, 0.15) is 12.4 Å². The van der Waals surface area contributed by atoms with Crippen LogP contribution in [0.4, 0.5) is 0 Å². The first-order valence-electron chi connectivity index (χ1n) is 11.1. The minimum Gasteiger partial charge on any atom is -0.485 e. The fourth-order valence-corrected chi connectivity index (χ4v) is 4.27. The molecule has 0 unspecified atom stereocenters. The summed E-state index contributed by atoms with van der Waals surface area (Å²) in [7, 11) is 0. The molecule has 1 amide bonds. The fourth-order valence-electron chi connectivity index (χ4n) is 4.27. The Hall–Kier alpha value is -2.93. The molecule has 1 saturated heterocycles. The molecule has 7 heteroatoms. The van der Waals surface area contributed by atoms with Crippen molar-refractivity contribution in [1.82, 2.24) is 15.0 Å². The topological polar surface area (TPSA) is 77.7 Å². The quantitative estimate of drug-likeness (QED) is 0.542. The van der Waals surface area contributed by atoms with Crippen molar-refractivity contribution in [2.75, 3.05) is 19.7 Å². The lowest BCUT2D eigenvalue weighted by molar-refractivity contribution is 0.0440. The number of carbonyl (C=O) groups is 1. The second-order valence-corrected chi connectivity index (χ2v) is 8.46. The number of hydrogen-bond acceptors (Lipinski definition) is 6. The van der Waals surface area contributed by atoms with Crippen LogP contribution in [0.5, 0.6) is 5.75 Å². The standard InChI is InChI=1S/C24H27N3O4/c28-24(27(14-17-4-1-5-17)15-19-7-3-11-29-19)22-12-20(31-26-22)16-30-23-8-2-6-18-13-25-10-9-21(18)23/h2,6,8-10,12-13,17,19H,1,3-5,7,11,14-16H2/t19-/m0/s1. The summed E-state index contributed by atoms with van der Waals surface area (Å²) >= 11 is 0. The number of hydrogen-bond donors (Lipinski definition) is 0. The van der Waals surface area contributed by atoms with E-state index in [-0.39, 0.29) is 18.6 Å². The number of rotatable bonds is 8. The van der Waals surface area contributed by atoms with Crippen molar-refractivity contribution in [1.29, 1.82) is 0 Å². The van der Waals surface area contributed by atoms with E-state index in [1.165, 1.54) is 19.3 Å². The molecule has 0 bridgehead atoms. The third kappa shape index (κ3) is 4.56. The number of benzene rings is 1. The normalized spacial score (nSPS) is 18.8. The summed E-state index contributed by atoms with van der Waals surface area (Å²) in [6.07, 6.45) is 9.37. The summed E-state index contributed by atoms with van der Waals surface area (Å²) in [5.74, 6) is 1.76. The summed E-state index contributed by atoms with van der Waals surface area (Å²) < 4.78 is 17.1. The molecule has 7 nitrogen and oxygen atoms in total. The predicted octanol–water partition coefficient (Wildman–Crippen LogP) is 4.22. The van der Waals surface area contributed by atoms with Gasteiger partial charge in [-0.2, -0.15) is 0 Å². The Balaban J connectivity index is 1.26. The van der Waals surface area contributed by atoms with E-state index in [1.807, 2.05) is 29.2 Å². The van der Waals surface area contributed by atoms with Crippen molar-refractivity contribution < 1.29 is 18.8 Å². The third-order valence-electron chi connectivity index (χ3n) is 6.23. The van der Waals surface area contributed by atoms with Gasteiger partial charge < -0.3 is 18.9 Å². The molecule has 5 rings (SSSR count). The third-order valence-corrected chi connectivity index (χ3v) is 6.23. The van der Waals surface area contributed by atoms with Crippen LogP contribution in [0.15, 0.2) is 47.2 Å². The van der Waals surface area contributed by atoms with Gasteiger partial charge in [-0.15, -0.1) is 0 Å². The Labute approximate surface area is 181 Å². The minimum atomic E-state index is -0.0892. The van der Waals surface area contributed by atoms with E-state index in [0.29, 0.717) is 23.9 Å². The SMILES string of the molecule is O=C(c1cc(COc2cccc3cnccc23)on1)N(CC1CCC1)C[C@@H]1CCCO1. The summed E-state index contributed by atoms with van der Waals surface area (Å²) in [4.78, 5) is 19.2. The summed E-state index contributed by atoms with van der Waals surface area (Å²) in [5, 5.41) is 6.03. The molecule has 1 aromatic carbocycles. The van der Waals surface area contributed by atoms with E-state index >= 15 is 0 Å². The lowest BCUT2D eigenvalue weighted by Gasteiger charge is -2.33. The van der Waals surface area contributed by atoms with Crippen LogP contribution in [-0.4, -0.2) is 46.7 Å². The number of fused-ring (bicyclic) bond motifs is 1. The zero-order valence-electron chi connectivity index (χ0n) is 17.5. The average Bonchev–Trinajstić information content (AvgIpc) is 3.45. The lowest BCUT2D eigenvalue weighted by atomic mass is 9.85. The van der Waals surface area contributed by atoms with Gasteiger partial charge in [-0.05, 0) is 43.7 Å². The van der Waals surface area contributed by atoms with E-state index < -0.39 is 0 Å². The Morgan fingerprint density at radius 1 is 1.16 bits per heavy atom. The highest BCUT2D eigenvalue weighted by molar-refractivity contribution is 5.92. The van der Waals surface area contributed by atoms with Gasteiger partial charge in [0.15, 0.2) is 11.5 Å². The van der Waals surface area contributed by atoms with Gasteiger partial charge in [0, 0.05) is 48.9 Å². The molecule has 3 heterocycles. The first kappa shape index (κ1) is 20.0. The number of aromatic nitrogens is 2. The average molecular weight is 421 g/mol. The van der Waals surface area contributed by atoms with E-state index in [0.717, 1.165) is 42.5 Å². The predicted molar refractivity (Wildman–Crippen MR) is 115 cm³/mol. The number of pyridine rings is 1. The number of ether oxygens (including phenoxy) is 2. The van der Waals surface area contributed by atoms with Crippen LogP contribution < -0.4 is 4.74 Å². The van der Waals surface area contributed by atoms with Gasteiger partial charge in [-0.25, -0.2) is 0 Å². The molecule has 1 aliphatic carbocycles. The van der Waals surface area contributed by atoms with Crippen molar-refractivity contribution >= 4 is 16.7 Å². The van der Waals surface area contributed by atoms with Gasteiger partial charge in [0.2, 0.25) is 0 Å². The maximum Gasteiger partial charge on any atom is 0.276 e. The molecule has 0 spiro atoms. The molecule has 0 radical (unpaired) electrons. The highest BCUT2D eigenvalue weighted by Gasteiger charge is 2.29. The summed E-state index contributed by atoms with van der Waals surface area (Å²) in [6.45, 7) is 2.38. The molecule has 162 valence electrons. The molecule has 1 saturated carbocycles. The van der Waals surface area contributed by atoms with Crippen molar-refractivity contribution in [2.45, 2.75) is 44.8 Å². The Morgan fingerprint density at radius 2 is 2.10 bits per heavy atom. The highest BCUT2D eigenvalue weighted by Crippen LogP contribution is 2.29. The van der Waals surface area contributed by atoms with Gasteiger partial charge in [0.25, 0.3) is 5.91 Å². The molecule has 31 heavy (non-hydrogen) atoms. The maximum atomic E-state index is 13.2. The van der Waals surface area contributed by atoms with E-state index in [9.17, 15) is 4.79 Å². The Kier molecular flexibility index (Phi) is 5.84. The van der Waals surface area contributed by atoms with Crippen LogP contribution in [0.1, 0.15) is 48.4 Å². The maximum absolute atomic E-state index is 13.2. The molecule has 2 aromatic heterocycles. The molecular formula is C24H27N3O4. The first-order valence-corrected chi connectivity index (χ1v) is 11.1. The van der Waals surface area contributed by atoms with Crippen LogP contribution in [-0.2, 0) is 11.3 Å². The van der Waals surface area contributed by atoms with Gasteiger partial charge >= 0.3 is 0 Å². The second-order valence-electron chi connectivity index (χ2n) is 8.46. The Morgan fingerprint density at radius 3 is 2.90 bits per heavy atom. The Bertz CT molecular complexity index is 1030. The van der Waals surface area contributed by atoms with E-state index in [2.05, 4.69) is 10.1 Å². The summed E-state index contributed by atoms with van der Waals surface area (Å²) in [6, 6.07) is 9.44. The lowest BCUT2D eigenvalue weighted by Crippen LogP contribution is -2.42. The van der Waals surface area contributed by atoms with Crippen LogP contribution in [0, 0.1) is 5.92 Å². The van der Waals surface area contributed by atoms with Crippen molar-refractivity contribution in [3.63, 3.8) is 0 Å². The highest BCUT2D eigenvalue weighted by atomic mass is 16.5. The molecule has 3 aromatic rings. The van der Waals surface area contributed by atoms with Crippen LogP contribution in [0.25, 0.3) is 10.8 Å². The smallest absolute Gasteiger partial charge is 0.276 e. The number of nitrogens with zero attached hydrogens (tertiary/aromatic N) is 3. The number of carbonyl (C=O) groups excluding carboxylic acids is 1. The monoisotopic (exact) mass is 421 g/mol. The van der Waals surface area contributed by atoms with Crippen molar-refractivity contribution in [3.05, 3.63) is 54.2 Å². The van der Waals surface area contributed by atoms with Crippen molar-refractivity contribution in [3.8, 4) is 5.75 Å². The fraction of sp³-hybridized carbons (Fsp3) is 0.458. The van der Waals surface area contributed by atoms with Gasteiger partial charge in [0.05, 0.1) is 6.10 Å². The van der Waals surface area contributed by atoms with E-state index in [1.54, 1.807) is 18.5 Å². The van der Waals surface area contributed by atoms with Crippen LogP contribution >= 0.6 is 0 Å². The van der Waals surface area contributed by atoms with Crippen LogP contribution in [0.3, 0.4) is 0 Å². The van der Waals surface area contributed by atoms with Gasteiger partial charge in [-0.3, -0.25) is 9.78 Å². The van der Waals surface area contributed by atoms with Gasteiger partial charge in [-0.1, -0.05) is 23.7 Å². The molecule has 2 fully saturated rings. The molecule has 1 aliphatic heterocycles. The number of amides is 1.